The number of hydrogen-bond acceptors (Lipinski definition) is 8. The fourth-order valence-electron chi connectivity index (χ4n) is 2.60. The molecule has 0 radical (unpaired) electrons. The number of ether oxygens (including phenoxy) is 2. The van der Waals surface area contributed by atoms with E-state index in [9.17, 15) is 18.5 Å². The van der Waals surface area contributed by atoms with Crippen LogP contribution in [0.25, 0.3) is 11.3 Å². The van der Waals surface area contributed by atoms with Crippen molar-refractivity contribution in [2.75, 3.05) is 19.8 Å². The summed E-state index contributed by atoms with van der Waals surface area (Å²) < 4.78 is 37.6. The summed E-state index contributed by atoms with van der Waals surface area (Å²) in [5.74, 6) is 1.03. The highest BCUT2D eigenvalue weighted by Gasteiger charge is 2.15. The first-order chi connectivity index (χ1) is 14.9. The van der Waals surface area contributed by atoms with Gasteiger partial charge >= 0.3 is 0 Å². The largest absolute Gasteiger partial charge is 0.494 e. The van der Waals surface area contributed by atoms with Crippen LogP contribution in [0.1, 0.15) is 6.92 Å². The van der Waals surface area contributed by atoms with Crippen LogP contribution >= 0.6 is 0 Å². The molecular weight excluding hydrogens is 424 g/mol. The number of sulfonamides is 1. The van der Waals surface area contributed by atoms with Gasteiger partial charge in [0.05, 0.1) is 22.1 Å². The van der Waals surface area contributed by atoms with E-state index in [-0.39, 0.29) is 29.6 Å². The maximum Gasteiger partial charge on any atom is 0.269 e. The lowest BCUT2D eigenvalue weighted by molar-refractivity contribution is -0.384. The Morgan fingerprint density at radius 2 is 1.68 bits per heavy atom. The number of nitro benzene ring substituents is 1. The Morgan fingerprint density at radius 1 is 0.968 bits per heavy atom. The van der Waals surface area contributed by atoms with Crippen molar-refractivity contribution in [1.29, 1.82) is 0 Å². The van der Waals surface area contributed by atoms with Gasteiger partial charge in [-0.05, 0) is 49.4 Å². The van der Waals surface area contributed by atoms with E-state index in [1.807, 2.05) is 31.2 Å². The molecule has 10 nitrogen and oxygen atoms in total. The molecule has 0 aliphatic rings. The minimum atomic E-state index is -3.81. The molecule has 0 fully saturated rings. The van der Waals surface area contributed by atoms with Gasteiger partial charge in [0.15, 0.2) is 0 Å². The van der Waals surface area contributed by atoms with E-state index in [0.717, 1.165) is 23.4 Å². The lowest BCUT2D eigenvalue weighted by Crippen LogP contribution is -2.28. The van der Waals surface area contributed by atoms with Gasteiger partial charge in [-0.3, -0.25) is 10.1 Å². The Kier molecular flexibility index (Phi) is 7.11. The number of nitro groups is 1. The second-order valence-corrected chi connectivity index (χ2v) is 7.98. The average Bonchev–Trinajstić information content (AvgIpc) is 2.78. The zero-order chi connectivity index (χ0) is 22.3. The summed E-state index contributed by atoms with van der Waals surface area (Å²) in [6.45, 7) is 2.53. The number of nitrogens with one attached hydrogen (secondary N) is 1. The summed E-state index contributed by atoms with van der Waals surface area (Å²) in [7, 11) is -3.81. The predicted molar refractivity (Wildman–Crippen MR) is 112 cm³/mol. The summed E-state index contributed by atoms with van der Waals surface area (Å²) in [6.07, 6.45) is 0. The van der Waals surface area contributed by atoms with Crippen LogP contribution in [0.15, 0.2) is 65.6 Å². The van der Waals surface area contributed by atoms with Gasteiger partial charge in [0.2, 0.25) is 15.9 Å². The first-order valence-electron chi connectivity index (χ1n) is 9.33. The summed E-state index contributed by atoms with van der Waals surface area (Å²) >= 11 is 0. The highest BCUT2D eigenvalue weighted by atomic mass is 32.2. The van der Waals surface area contributed by atoms with Crippen molar-refractivity contribution >= 4 is 15.7 Å². The molecule has 0 aliphatic carbocycles. The van der Waals surface area contributed by atoms with Gasteiger partial charge in [0.1, 0.15) is 12.4 Å². The van der Waals surface area contributed by atoms with Crippen LogP contribution in [0.5, 0.6) is 11.6 Å². The molecule has 2 aromatic carbocycles. The zero-order valence-electron chi connectivity index (χ0n) is 16.6. The van der Waals surface area contributed by atoms with Crippen LogP contribution in [-0.4, -0.2) is 43.3 Å². The van der Waals surface area contributed by atoms with E-state index in [2.05, 4.69) is 14.9 Å². The summed E-state index contributed by atoms with van der Waals surface area (Å²) in [5.41, 5.74) is 1.35. The molecule has 162 valence electrons. The molecule has 0 amide bonds. The summed E-state index contributed by atoms with van der Waals surface area (Å²) in [5, 5.41) is 18.8. The van der Waals surface area contributed by atoms with Gasteiger partial charge in [-0.2, -0.15) is 0 Å². The van der Waals surface area contributed by atoms with Crippen molar-refractivity contribution in [3.05, 3.63) is 70.8 Å². The van der Waals surface area contributed by atoms with E-state index >= 15 is 0 Å². The van der Waals surface area contributed by atoms with Crippen LogP contribution in [0.2, 0.25) is 0 Å². The van der Waals surface area contributed by atoms with Crippen molar-refractivity contribution in [2.45, 2.75) is 11.8 Å². The van der Waals surface area contributed by atoms with Gasteiger partial charge < -0.3 is 9.47 Å². The van der Waals surface area contributed by atoms with E-state index in [1.165, 1.54) is 12.1 Å². The average molecular weight is 444 g/mol. The van der Waals surface area contributed by atoms with Gasteiger partial charge in [-0.15, -0.1) is 10.2 Å². The maximum absolute atomic E-state index is 12.2. The Bertz CT molecular complexity index is 1120. The van der Waals surface area contributed by atoms with Crippen molar-refractivity contribution < 1.29 is 22.8 Å². The van der Waals surface area contributed by atoms with Crippen molar-refractivity contribution in [3.63, 3.8) is 0 Å². The normalized spacial score (nSPS) is 11.1. The Morgan fingerprint density at radius 3 is 2.26 bits per heavy atom. The lowest BCUT2D eigenvalue weighted by Gasteiger charge is -2.08. The minimum absolute atomic E-state index is 0.0123. The SMILES string of the molecule is CCOc1ccc(-c2ccc(OCCNS(=O)(=O)c3ccc([N+](=O)[O-])cc3)nn2)cc1. The Labute approximate surface area is 179 Å². The standard InChI is InChI=1S/C20H20N4O6S/c1-2-29-17-7-3-15(4-8-17)19-11-12-20(23-22-19)30-14-13-21-31(27,28)18-9-5-16(6-10-18)24(25)26/h3-12,21H,2,13-14H2,1H3. The third-order valence-corrected chi connectivity index (χ3v) is 5.58. The molecular formula is C20H20N4O6S. The monoisotopic (exact) mass is 444 g/mol. The molecule has 0 saturated heterocycles. The molecule has 1 heterocycles. The first kappa shape index (κ1) is 22.1. The van der Waals surface area contributed by atoms with Crippen LogP contribution in [0, 0.1) is 10.1 Å². The highest BCUT2D eigenvalue weighted by molar-refractivity contribution is 7.89. The van der Waals surface area contributed by atoms with Crippen LogP contribution in [-0.2, 0) is 10.0 Å². The van der Waals surface area contributed by atoms with E-state index < -0.39 is 14.9 Å². The van der Waals surface area contributed by atoms with Gasteiger partial charge in [-0.25, -0.2) is 13.1 Å². The van der Waals surface area contributed by atoms with Crippen molar-refractivity contribution in [3.8, 4) is 22.9 Å². The molecule has 1 N–H and O–H groups in total. The van der Waals surface area contributed by atoms with Gasteiger partial charge in [0.25, 0.3) is 5.69 Å². The van der Waals surface area contributed by atoms with Gasteiger partial charge in [-0.1, -0.05) is 0 Å². The molecule has 0 unspecified atom stereocenters. The second-order valence-electron chi connectivity index (χ2n) is 6.21. The summed E-state index contributed by atoms with van der Waals surface area (Å²) in [6, 6.07) is 15.5. The molecule has 0 saturated carbocycles. The third kappa shape index (κ3) is 5.96. The van der Waals surface area contributed by atoms with E-state index in [4.69, 9.17) is 9.47 Å². The molecule has 3 aromatic rings. The number of benzene rings is 2. The number of rotatable bonds is 10. The molecule has 0 atom stereocenters. The topological polar surface area (TPSA) is 134 Å². The van der Waals surface area contributed by atoms with Crippen molar-refractivity contribution in [1.82, 2.24) is 14.9 Å². The number of nitrogens with zero attached hydrogens (tertiary/aromatic N) is 3. The number of non-ortho nitro benzene ring substituents is 1. The second kappa shape index (κ2) is 9.96. The fraction of sp³-hybridized carbons (Fsp3) is 0.200. The van der Waals surface area contributed by atoms with E-state index in [1.54, 1.807) is 12.1 Å². The molecule has 31 heavy (non-hydrogen) atoms. The van der Waals surface area contributed by atoms with Gasteiger partial charge in [0, 0.05) is 30.3 Å². The minimum Gasteiger partial charge on any atom is -0.494 e. The Balaban J connectivity index is 1.50. The Hall–Kier alpha value is -3.57. The first-order valence-corrected chi connectivity index (χ1v) is 10.8. The quantitative estimate of drug-likeness (QED) is 0.287. The van der Waals surface area contributed by atoms with Crippen LogP contribution < -0.4 is 14.2 Å². The molecule has 0 aliphatic heterocycles. The summed E-state index contributed by atoms with van der Waals surface area (Å²) in [4.78, 5) is 9.99. The number of hydrogen-bond donors (Lipinski definition) is 1. The molecule has 0 spiro atoms. The molecule has 3 rings (SSSR count). The van der Waals surface area contributed by atoms with Crippen molar-refractivity contribution in [2.24, 2.45) is 0 Å². The predicted octanol–water partition coefficient (Wildman–Crippen LogP) is 2.81. The van der Waals surface area contributed by atoms with E-state index in [0.29, 0.717) is 12.3 Å². The lowest BCUT2D eigenvalue weighted by atomic mass is 10.1. The fourth-order valence-corrected chi connectivity index (χ4v) is 3.61. The molecule has 1 aromatic heterocycles. The zero-order valence-corrected chi connectivity index (χ0v) is 17.4. The smallest absolute Gasteiger partial charge is 0.269 e. The third-order valence-electron chi connectivity index (χ3n) is 4.10. The van der Waals surface area contributed by atoms with Crippen LogP contribution in [0.3, 0.4) is 0 Å². The molecule has 0 bridgehead atoms. The highest BCUT2D eigenvalue weighted by Crippen LogP contribution is 2.21. The molecule has 11 heteroatoms. The number of aromatic nitrogens is 2. The van der Waals surface area contributed by atoms with Crippen LogP contribution in [0.4, 0.5) is 5.69 Å². The maximum atomic E-state index is 12.2.